The van der Waals surface area contributed by atoms with E-state index in [4.69, 9.17) is 4.74 Å². The molecule has 0 aliphatic carbocycles. The molecule has 21 heavy (non-hydrogen) atoms. The van der Waals surface area contributed by atoms with Gasteiger partial charge in [0.05, 0.1) is 13.0 Å². The molecule has 0 aliphatic heterocycles. The van der Waals surface area contributed by atoms with E-state index < -0.39 is 0 Å². The summed E-state index contributed by atoms with van der Waals surface area (Å²) >= 11 is 0. The topological polar surface area (TPSA) is 38.3 Å². The van der Waals surface area contributed by atoms with Crippen LogP contribution in [-0.2, 0) is 11.2 Å². The molecule has 0 bridgehead atoms. The summed E-state index contributed by atoms with van der Waals surface area (Å²) < 4.78 is 18.1. The van der Waals surface area contributed by atoms with Crippen molar-refractivity contribution >= 4 is 5.91 Å². The summed E-state index contributed by atoms with van der Waals surface area (Å²) in [6.45, 7) is 2.76. The van der Waals surface area contributed by atoms with E-state index in [1.807, 2.05) is 31.2 Å². The fourth-order valence-electron chi connectivity index (χ4n) is 1.93. The highest BCUT2D eigenvalue weighted by atomic mass is 19.1. The number of nitrogens with one attached hydrogen (secondary N) is 1. The molecule has 0 aliphatic rings. The molecule has 2 aromatic carbocycles. The van der Waals surface area contributed by atoms with Crippen molar-refractivity contribution in [2.24, 2.45) is 0 Å². The second-order valence-electron chi connectivity index (χ2n) is 4.76. The van der Waals surface area contributed by atoms with Crippen LogP contribution in [0.3, 0.4) is 0 Å². The molecule has 0 heterocycles. The molecule has 110 valence electrons. The fraction of sp³-hybridized carbons (Fsp3) is 0.235. The van der Waals surface area contributed by atoms with Gasteiger partial charge in [-0.25, -0.2) is 4.39 Å². The molecule has 0 fully saturated rings. The van der Waals surface area contributed by atoms with E-state index in [1.54, 1.807) is 12.1 Å². The summed E-state index contributed by atoms with van der Waals surface area (Å²) in [5.41, 5.74) is 2.13. The van der Waals surface area contributed by atoms with Crippen molar-refractivity contribution in [2.45, 2.75) is 13.3 Å². The Balaban J connectivity index is 1.70. The molecule has 0 saturated heterocycles. The lowest BCUT2D eigenvalue weighted by Crippen LogP contribution is -2.29. The molecule has 0 saturated carbocycles. The number of benzene rings is 2. The molecule has 0 aromatic heterocycles. The summed E-state index contributed by atoms with van der Waals surface area (Å²) in [5, 5.41) is 2.80. The van der Waals surface area contributed by atoms with Crippen LogP contribution in [0, 0.1) is 12.7 Å². The molecule has 0 radical (unpaired) electrons. The van der Waals surface area contributed by atoms with Crippen molar-refractivity contribution in [3.05, 3.63) is 65.5 Å². The minimum atomic E-state index is -0.297. The molecule has 1 N–H and O–H groups in total. The predicted octanol–water partition coefficient (Wildman–Crippen LogP) is 2.87. The fourth-order valence-corrected chi connectivity index (χ4v) is 1.93. The van der Waals surface area contributed by atoms with Gasteiger partial charge >= 0.3 is 0 Å². The molecule has 4 heteroatoms. The van der Waals surface area contributed by atoms with Gasteiger partial charge in [-0.2, -0.15) is 0 Å². The SMILES string of the molecule is Cc1ccccc1CC(=O)NCCOc1ccc(F)cc1. The maximum absolute atomic E-state index is 12.7. The van der Waals surface area contributed by atoms with Crippen LogP contribution in [0.15, 0.2) is 48.5 Å². The normalized spacial score (nSPS) is 10.2. The van der Waals surface area contributed by atoms with Crippen LogP contribution in [-0.4, -0.2) is 19.1 Å². The van der Waals surface area contributed by atoms with Crippen molar-refractivity contribution < 1.29 is 13.9 Å². The maximum Gasteiger partial charge on any atom is 0.224 e. The van der Waals surface area contributed by atoms with E-state index in [0.717, 1.165) is 11.1 Å². The molecular formula is C17H18FNO2. The Morgan fingerprint density at radius 1 is 1.14 bits per heavy atom. The first-order valence-corrected chi connectivity index (χ1v) is 6.85. The van der Waals surface area contributed by atoms with Crippen LogP contribution in [0.2, 0.25) is 0 Å². The average Bonchev–Trinajstić information content (AvgIpc) is 2.48. The standard InChI is InChI=1S/C17H18FNO2/c1-13-4-2-3-5-14(13)12-17(20)19-10-11-21-16-8-6-15(18)7-9-16/h2-9H,10-12H2,1H3,(H,19,20). The molecule has 0 unspecified atom stereocenters. The van der Waals surface area contributed by atoms with E-state index in [2.05, 4.69) is 5.32 Å². The maximum atomic E-state index is 12.7. The van der Waals surface area contributed by atoms with Gasteiger partial charge in [-0.05, 0) is 42.3 Å². The average molecular weight is 287 g/mol. The lowest BCUT2D eigenvalue weighted by molar-refractivity contribution is -0.120. The van der Waals surface area contributed by atoms with Gasteiger partial charge in [0.25, 0.3) is 0 Å². The van der Waals surface area contributed by atoms with Crippen molar-refractivity contribution in [1.29, 1.82) is 0 Å². The second kappa shape index (κ2) is 7.43. The Labute approximate surface area is 123 Å². The third-order valence-electron chi connectivity index (χ3n) is 3.12. The second-order valence-corrected chi connectivity index (χ2v) is 4.76. The Kier molecular flexibility index (Phi) is 5.32. The molecule has 1 amide bonds. The predicted molar refractivity (Wildman–Crippen MR) is 79.8 cm³/mol. The number of rotatable bonds is 6. The van der Waals surface area contributed by atoms with Crippen LogP contribution in [0.25, 0.3) is 0 Å². The van der Waals surface area contributed by atoms with Crippen LogP contribution in [0.5, 0.6) is 5.75 Å². The summed E-state index contributed by atoms with van der Waals surface area (Å²) in [6.07, 6.45) is 0.364. The number of carbonyl (C=O) groups excluding carboxylic acids is 1. The van der Waals surface area contributed by atoms with Crippen molar-refractivity contribution in [3.8, 4) is 5.75 Å². The van der Waals surface area contributed by atoms with Gasteiger partial charge in [-0.1, -0.05) is 24.3 Å². The Hall–Kier alpha value is -2.36. The quantitative estimate of drug-likeness (QED) is 0.830. The Morgan fingerprint density at radius 2 is 1.86 bits per heavy atom. The highest BCUT2D eigenvalue weighted by Gasteiger charge is 2.04. The minimum absolute atomic E-state index is 0.0352. The summed E-state index contributed by atoms with van der Waals surface area (Å²) in [7, 11) is 0. The van der Waals surface area contributed by atoms with Crippen molar-refractivity contribution in [2.75, 3.05) is 13.2 Å². The van der Waals surface area contributed by atoms with Crippen LogP contribution in [0.4, 0.5) is 4.39 Å². The Morgan fingerprint density at radius 3 is 2.57 bits per heavy atom. The van der Waals surface area contributed by atoms with E-state index >= 15 is 0 Å². The monoisotopic (exact) mass is 287 g/mol. The summed E-state index contributed by atoms with van der Waals surface area (Å²) in [5.74, 6) is 0.255. The van der Waals surface area contributed by atoms with Crippen LogP contribution < -0.4 is 10.1 Å². The van der Waals surface area contributed by atoms with E-state index in [9.17, 15) is 9.18 Å². The van der Waals surface area contributed by atoms with E-state index in [1.165, 1.54) is 12.1 Å². The van der Waals surface area contributed by atoms with Crippen LogP contribution >= 0.6 is 0 Å². The molecule has 2 aromatic rings. The van der Waals surface area contributed by atoms with Crippen molar-refractivity contribution in [3.63, 3.8) is 0 Å². The van der Waals surface area contributed by atoms with E-state index in [-0.39, 0.29) is 11.7 Å². The number of ether oxygens (including phenoxy) is 1. The van der Waals surface area contributed by atoms with E-state index in [0.29, 0.717) is 25.3 Å². The first kappa shape index (κ1) is 15.0. The molecule has 0 spiro atoms. The number of amides is 1. The van der Waals surface area contributed by atoms with Gasteiger partial charge in [0.1, 0.15) is 18.2 Å². The zero-order valence-corrected chi connectivity index (χ0v) is 11.9. The minimum Gasteiger partial charge on any atom is -0.492 e. The largest absolute Gasteiger partial charge is 0.492 e. The molecule has 0 atom stereocenters. The highest BCUT2D eigenvalue weighted by molar-refractivity contribution is 5.78. The lowest BCUT2D eigenvalue weighted by Gasteiger charge is -2.09. The van der Waals surface area contributed by atoms with Gasteiger partial charge in [-0.15, -0.1) is 0 Å². The van der Waals surface area contributed by atoms with Gasteiger partial charge in [-0.3, -0.25) is 4.79 Å². The zero-order valence-electron chi connectivity index (χ0n) is 11.9. The highest BCUT2D eigenvalue weighted by Crippen LogP contribution is 2.10. The number of hydrogen-bond donors (Lipinski definition) is 1. The molecule has 2 rings (SSSR count). The van der Waals surface area contributed by atoms with Gasteiger partial charge < -0.3 is 10.1 Å². The number of hydrogen-bond acceptors (Lipinski definition) is 2. The number of carbonyl (C=O) groups is 1. The summed E-state index contributed by atoms with van der Waals surface area (Å²) in [4.78, 5) is 11.8. The lowest BCUT2D eigenvalue weighted by atomic mass is 10.1. The first-order valence-electron chi connectivity index (χ1n) is 6.85. The Bertz CT molecular complexity index is 596. The van der Waals surface area contributed by atoms with Gasteiger partial charge in [0, 0.05) is 0 Å². The number of aryl methyl sites for hydroxylation is 1. The summed E-state index contributed by atoms with van der Waals surface area (Å²) in [6, 6.07) is 13.6. The number of halogens is 1. The van der Waals surface area contributed by atoms with Gasteiger partial charge in [0.2, 0.25) is 5.91 Å². The van der Waals surface area contributed by atoms with Crippen molar-refractivity contribution in [1.82, 2.24) is 5.32 Å². The smallest absolute Gasteiger partial charge is 0.224 e. The zero-order chi connectivity index (χ0) is 15.1. The van der Waals surface area contributed by atoms with Gasteiger partial charge in [0.15, 0.2) is 0 Å². The third-order valence-corrected chi connectivity index (χ3v) is 3.12. The molecule has 3 nitrogen and oxygen atoms in total. The first-order chi connectivity index (χ1) is 10.1. The molecular weight excluding hydrogens is 269 g/mol. The third kappa shape index (κ3) is 4.91. The van der Waals surface area contributed by atoms with Crippen LogP contribution in [0.1, 0.15) is 11.1 Å².